The molecule has 0 spiro atoms. The summed E-state index contributed by atoms with van der Waals surface area (Å²) in [4.78, 5) is 3.17. The highest BCUT2D eigenvalue weighted by atomic mass is 19.3. The van der Waals surface area contributed by atoms with Crippen LogP contribution in [-0.4, -0.2) is 10.1 Å². The molecule has 1 rings (SSSR count). The van der Waals surface area contributed by atoms with E-state index < -0.39 is 29.4 Å². The largest absolute Gasteiger partial charge is 0.504 e. The fourth-order valence-corrected chi connectivity index (χ4v) is 0.715. The molecule has 1 aromatic heterocycles. The van der Waals surface area contributed by atoms with Gasteiger partial charge in [0.25, 0.3) is 6.43 Å². The van der Waals surface area contributed by atoms with Gasteiger partial charge in [-0.2, -0.15) is 0 Å². The Morgan fingerprint density at radius 3 is 2.50 bits per heavy atom. The van der Waals surface area contributed by atoms with Crippen LogP contribution in [0.25, 0.3) is 0 Å². The van der Waals surface area contributed by atoms with Gasteiger partial charge in [0.2, 0.25) is 0 Å². The Labute approximate surface area is 65.6 Å². The highest BCUT2D eigenvalue weighted by molar-refractivity contribution is 5.44. The fraction of sp³-hybridized carbons (Fsp3) is 0.167. The number of halogens is 3. The molecular weight excluding hydrogens is 173 g/mol. The maximum absolute atomic E-state index is 12.7. The van der Waals surface area contributed by atoms with Crippen LogP contribution in [0.5, 0.6) is 5.75 Å². The zero-order chi connectivity index (χ0) is 9.30. The third-order valence-electron chi connectivity index (χ3n) is 1.28. The number of anilines is 1. The summed E-state index contributed by atoms with van der Waals surface area (Å²) in [5.41, 5.74) is 3.89. The summed E-state index contributed by atoms with van der Waals surface area (Å²) in [7, 11) is 0. The maximum Gasteiger partial charge on any atom is 0.270 e. The maximum atomic E-state index is 12.7. The SMILES string of the molecule is Nc1ncc(O)c(F)c1C(F)F. The number of aromatic hydroxyl groups is 1. The van der Waals surface area contributed by atoms with Gasteiger partial charge in [-0.3, -0.25) is 0 Å². The lowest BCUT2D eigenvalue weighted by Crippen LogP contribution is -2.01. The Bertz CT molecular complexity index is 303. The lowest BCUT2D eigenvalue weighted by Gasteiger charge is -2.05. The minimum Gasteiger partial charge on any atom is -0.504 e. The van der Waals surface area contributed by atoms with Crippen LogP contribution in [-0.2, 0) is 0 Å². The monoisotopic (exact) mass is 178 g/mol. The second-order valence-corrected chi connectivity index (χ2v) is 2.06. The number of alkyl halides is 2. The van der Waals surface area contributed by atoms with E-state index in [1.54, 1.807) is 0 Å². The molecule has 0 unspecified atom stereocenters. The van der Waals surface area contributed by atoms with Crippen molar-refractivity contribution < 1.29 is 18.3 Å². The highest BCUT2D eigenvalue weighted by Gasteiger charge is 2.20. The van der Waals surface area contributed by atoms with Gasteiger partial charge < -0.3 is 10.8 Å². The van der Waals surface area contributed by atoms with Crippen molar-refractivity contribution in [3.05, 3.63) is 17.6 Å². The van der Waals surface area contributed by atoms with Crippen molar-refractivity contribution in [1.29, 1.82) is 0 Å². The molecule has 3 N–H and O–H groups in total. The quantitative estimate of drug-likeness (QED) is 0.684. The van der Waals surface area contributed by atoms with E-state index in [2.05, 4.69) is 4.98 Å². The average Bonchev–Trinajstić information content (AvgIpc) is 1.97. The number of hydrogen-bond donors (Lipinski definition) is 2. The van der Waals surface area contributed by atoms with Crippen molar-refractivity contribution in [3.63, 3.8) is 0 Å². The molecule has 0 saturated heterocycles. The first-order chi connectivity index (χ1) is 5.54. The predicted octanol–water partition coefficient (Wildman–Crippen LogP) is 1.45. The Balaban J connectivity index is 3.33. The van der Waals surface area contributed by atoms with Crippen LogP contribution in [0.1, 0.15) is 12.0 Å². The molecule has 3 nitrogen and oxygen atoms in total. The zero-order valence-corrected chi connectivity index (χ0v) is 5.76. The molecule has 0 fully saturated rings. The van der Waals surface area contributed by atoms with Gasteiger partial charge >= 0.3 is 0 Å². The molecule has 1 heterocycles. The van der Waals surface area contributed by atoms with Gasteiger partial charge in [-0.15, -0.1) is 0 Å². The molecule has 0 amide bonds. The first-order valence-corrected chi connectivity index (χ1v) is 2.95. The summed E-state index contributed by atoms with van der Waals surface area (Å²) in [6, 6.07) is 0. The Hall–Kier alpha value is -1.46. The van der Waals surface area contributed by atoms with Crippen LogP contribution >= 0.6 is 0 Å². The van der Waals surface area contributed by atoms with E-state index in [0.717, 1.165) is 0 Å². The number of nitrogens with two attached hydrogens (primary N) is 1. The molecule has 6 heteroatoms. The number of rotatable bonds is 1. The normalized spacial score (nSPS) is 10.7. The molecule has 0 atom stereocenters. The predicted molar refractivity (Wildman–Crippen MR) is 35.2 cm³/mol. The van der Waals surface area contributed by atoms with Crippen molar-refractivity contribution in [3.8, 4) is 5.75 Å². The van der Waals surface area contributed by atoms with E-state index in [-0.39, 0.29) is 0 Å². The number of nitrogen functional groups attached to an aromatic ring is 1. The first kappa shape index (κ1) is 8.63. The number of pyridine rings is 1. The van der Waals surface area contributed by atoms with Gasteiger partial charge in [0.15, 0.2) is 11.6 Å². The van der Waals surface area contributed by atoms with Crippen molar-refractivity contribution in [2.75, 3.05) is 5.73 Å². The van der Waals surface area contributed by atoms with Gasteiger partial charge in [-0.05, 0) is 0 Å². The van der Waals surface area contributed by atoms with Gasteiger partial charge in [0, 0.05) is 0 Å². The summed E-state index contributed by atoms with van der Waals surface area (Å²) in [5.74, 6) is -2.96. The number of nitrogens with zero attached hydrogens (tertiary/aromatic N) is 1. The van der Waals surface area contributed by atoms with Gasteiger partial charge in [0.05, 0.1) is 11.8 Å². The lowest BCUT2D eigenvalue weighted by molar-refractivity contribution is 0.146. The van der Waals surface area contributed by atoms with E-state index in [1.165, 1.54) is 0 Å². The van der Waals surface area contributed by atoms with Gasteiger partial charge in [-0.25, -0.2) is 18.2 Å². The Kier molecular flexibility index (Phi) is 2.07. The molecule has 0 bridgehead atoms. The lowest BCUT2D eigenvalue weighted by atomic mass is 10.2. The summed E-state index contributed by atoms with van der Waals surface area (Å²) in [6.07, 6.45) is -2.40. The Morgan fingerprint density at radius 1 is 1.50 bits per heavy atom. The molecule has 0 aliphatic rings. The molecule has 12 heavy (non-hydrogen) atoms. The zero-order valence-electron chi connectivity index (χ0n) is 5.76. The van der Waals surface area contributed by atoms with Gasteiger partial charge in [0.1, 0.15) is 5.82 Å². The van der Waals surface area contributed by atoms with Crippen molar-refractivity contribution in [1.82, 2.24) is 4.98 Å². The van der Waals surface area contributed by atoms with Crippen LogP contribution in [0.2, 0.25) is 0 Å². The molecule has 0 radical (unpaired) electrons. The summed E-state index contributed by atoms with van der Waals surface area (Å²) < 4.78 is 36.7. The molecule has 0 aliphatic carbocycles. The smallest absolute Gasteiger partial charge is 0.270 e. The van der Waals surface area contributed by atoms with Crippen LogP contribution < -0.4 is 5.73 Å². The number of aromatic nitrogens is 1. The third kappa shape index (κ3) is 1.27. The third-order valence-corrected chi connectivity index (χ3v) is 1.28. The van der Waals surface area contributed by atoms with E-state index in [4.69, 9.17) is 10.8 Å². The average molecular weight is 178 g/mol. The van der Waals surface area contributed by atoms with E-state index in [9.17, 15) is 13.2 Å². The van der Waals surface area contributed by atoms with Crippen LogP contribution in [0, 0.1) is 5.82 Å². The van der Waals surface area contributed by atoms with Crippen molar-refractivity contribution in [2.24, 2.45) is 0 Å². The summed E-state index contributed by atoms with van der Waals surface area (Å²) >= 11 is 0. The number of hydrogen-bond acceptors (Lipinski definition) is 3. The molecule has 0 aromatic carbocycles. The molecule has 0 saturated carbocycles. The summed E-state index contributed by atoms with van der Waals surface area (Å²) in [5, 5.41) is 8.65. The minimum atomic E-state index is -3.08. The molecule has 0 aliphatic heterocycles. The van der Waals surface area contributed by atoms with Gasteiger partial charge in [-0.1, -0.05) is 0 Å². The van der Waals surface area contributed by atoms with Crippen LogP contribution in [0.15, 0.2) is 6.20 Å². The van der Waals surface area contributed by atoms with Crippen LogP contribution in [0.3, 0.4) is 0 Å². The van der Waals surface area contributed by atoms with Crippen LogP contribution in [0.4, 0.5) is 19.0 Å². The van der Waals surface area contributed by atoms with E-state index in [1.807, 2.05) is 0 Å². The fourth-order valence-electron chi connectivity index (χ4n) is 0.715. The second kappa shape index (κ2) is 2.88. The topological polar surface area (TPSA) is 59.1 Å². The van der Waals surface area contributed by atoms with E-state index >= 15 is 0 Å². The second-order valence-electron chi connectivity index (χ2n) is 2.06. The van der Waals surface area contributed by atoms with Crippen molar-refractivity contribution >= 4 is 5.82 Å². The standard InChI is InChI=1S/C6H5F3N2O/c7-4-2(12)1-11-6(10)3(4)5(8)9/h1,5,12H,(H2,10,11). The van der Waals surface area contributed by atoms with Crippen molar-refractivity contribution in [2.45, 2.75) is 6.43 Å². The molecule has 1 aromatic rings. The Morgan fingerprint density at radius 2 is 2.08 bits per heavy atom. The van der Waals surface area contributed by atoms with E-state index in [0.29, 0.717) is 6.20 Å². The first-order valence-electron chi connectivity index (χ1n) is 2.95. The minimum absolute atomic E-state index is 0.611. The molecular formula is C6H5F3N2O. The molecule has 66 valence electrons. The highest BCUT2D eigenvalue weighted by Crippen LogP contribution is 2.30. The summed E-state index contributed by atoms with van der Waals surface area (Å²) in [6.45, 7) is 0.